The van der Waals surface area contributed by atoms with Crippen LogP contribution < -0.4 is 4.74 Å². The molecule has 0 saturated heterocycles. The summed E-state index contributed by atoms with van der Waals surface area (Å²) < 4.78 is 7.09. The molecule has 0 aliphatic heterocycles. The summed E-state index contributed by atoms with van der Waals surface area (Å²) in [5.74, 6) is 0.0435. The van der Waals surface area contributed by atoms with Crippen LogP contribution in [0.4, 0.5) is 0 Å². The van der Waals surface area contributed by atoms with Crippen molar-refractivity contribution in [1.82, 2.24) is 0 Å². The van der Waals surface area contributed by atoms with Crippen LogP contribution in [-0.2, 0) is 4.79 Å². The summed E-state index contributed by atoms with van der Waals surface area (Å²) in [5, 5.41) is 9.23. The molecular weight excluding hydrogens is 320 g/mol. The number of rotatable bonds is 6. The third-order valence-corrected chi connectivity index (χ3v) is 4.38. The van der Waals surface area contributed by atoms with Crippen LogP contribution in [-0.4, -0.2) is 17.2 Å². The average Bonchev–Trinajstić information content (AvgIpc) is 2.34. The van der Waals surface area contributed by atoms with E-state index in [1.54, 1.807) is 13.8 Å². The molecule has 0 aliphatic carbocycles. The van der Waals surface area contributed by atoms with Gasteiger partial charge in [0.05, 0.1) is 11.5 Å². The van der Waals surface area contributed by atoms with E-state index in [2.05, 4.69) is 15.9 Å². The fraction of sp³-hybridized carbons (Fsp3) is 0.562. The number of carbonyl (C=O) groups is 1. The highest BCUT2D eigenvalue weighted by Gasteiger charge is 2.31. The lowest BCUT2D eigenvalue weighted by Crippen LogP contribution is -2.31. The molecule has 1 atom stereocenters. The highest BCUT2D eigenvalue weighted by atomic mass is 79.9. The van der Waals surface area contributed by atoms with Gasteiger partial charge in [0.2, 0.25) is 0 Å². The van der Waals surface area contributed by atoms with Gasteiger partial charge in [-0.05, 0) is 63.8 Å². The van der Waals surface area contributed by atoms with E-state index in [0.717, 1.165) is 27.8 Å². The maximum absolute atomic E-state index is 11.2. The Morgan fingerprint density at radius 3 is 2.45 bits per heavy atom. The molecule has 0 fully saturated rings. The van der Waals surface area contributed by atoms with Crippen molar-refractivity contribution in [1.29, 1.82) is 0 Å². The first-order chi connectivity index (χ1) is 9.17. The number of ether oxygens (including phenoxy) is 1. The summed E-state index contributed by atoms with van der Waals surface area (Å²) in [6, 6.07) is 4.02. The predicted octanol–water partition coefficient (Wildman–Crippen LogP) is 4.72. The number of benzene rings is 1. The van der Waals surface area contributed by atoms with Crippen molar-refractivity contribution in [3.63, 3.8) is 0 Å². The van der Waals surface area contributed by atoms with Gasteiger partial charge in [0.25, 0.3) is 0 Å². The summed E-state index contributed by atoms with van der Waals surface area (Å²) in [6.45, 7) is 9.50. The van der Waals surface area contributed by atoms with Crippen LogP contribution in [0.5, 0.6) is 5.75 Å². The largest absolute Gasteiger partial charge is 0.490 e. The molecule has 20 heavy (non-hydrogen) atoms. The van der Waals surface area contributed by atoms with Gasteiger partial charge in [-0.3, -0.25) is 4.79 Å². The van der Waals surface area contributed by atoms with Crippen molar-refractivity contribution in [2.24, 2.45) is 5.41 Å². The zero-order valence-corrected chi connectivity index (χ0v) is 14.4. The Bertz CT molecular complexity index is 495. The molecule has 0 bridgehead atoms. The number of carboxylic acid groups (broad SMARTS) is 1. The normalized spacial score (nSPS) is 13.1. The SMILES string of the molecule is CCC(CC(C)(C)C(=O)O)Oc1cc(C)c(Br)cc1C. The van der Waals surface area contributed by atoms with E-state index in [9.17, 15) is 9.90 Å². The van der Waals surface area contributed by atoms with Gasteiger partial charge in [-0.2, -0.15) is 0 Å². The standard InChI is InChI=1S/C16H23BrO3/c1-6-12(9-16(4,5)15(18)19)20-14-8-10(2)13(17)7-11(14)3/h7-8,12H,6,9H2,1-5H3,(H,18,19). The highest BCUT2D eigenvalue weighted by Crippen LogP contribution is 2.30. The van der Waals surface area contributed by atoms with Crippen molar-refractivity contribution in [3.05, 3.63) is 27.7 Å². The minimum absolute atomic E-state index is 0.0969. The molecule has 0 spiro atoms. The molecule has 1 rings (SSSR count). The molecule has 1 unspecified atom stereocenters. The van der Waals surface area contributed by atoms with Gasteiger partial charge in [0.1, 0.15) is 5.75 Å². The van der Waals surface area contributed by atoms with E-state index in [4.69, 9.17) is 4.74 Å². The van der Waals surface area contributed by atoms with E-state index >= 15 is 0 Å². The van der Waals surface area contributed by atoms with Gasteiger partial charge >= 0.3 is 5.97 Å². The van der Waals surface area contributed by atoms with Gasteiger partial charge in [0, 0.05) is 4.47 Å². The fourth-order valence-electron chi connectivity index (χ4n) is 1.99. The van der Waals surface area contributed by atoms with Crippen LogP contribution in [0.25, 0.3) is 0 Å². The van der Waals surface area contributed by atoms with E-state index in [-0.39, 0.29) is 6.10 Å². The third kappa shape index (κ3) is 4.23. The van der Waals surface area contributed by atoms with E-state index in [1.807, 2.05) is 32.9 Å². The van der Waals surface area contributed by atoms with Crippen LogP contribution in [0.1, 0.15) is 44.7 Å². The number of carboxylic acids is 1. The topological polar surface area (TPSA) is 46.5 Å². The minimum Gasteiger partial charge on any atom is -0.490 e. The lowest BCUT2D eigenvalue weighted by Gasteiger charge is -2.26. The Balaban J connectivity index is 2.89. The molecule has 0 aliphatic rings. The summed E-state index contributed by atoms with van der Waals surface area (Å²) in [4.78, 5) is 11.2. The lowest BCUT2D eigenvalue weighted by atomic mass is 9.86. The highest BCUT2D eigenvalue weighted by molar-refractivity contribution is 9.10. The number of hydrogen-bond donors (Lipinski definition) is 1. The van der Waals surface area contributed by atoms with E-state index in [1.165, 1.54) is 0 Å². The zero-order valence-electron chi connectivity index (χ0n) is 12.8. The molecule has 0 amide bonds. The van der Waals surface area contributed by atoms with Crippen molar-refractivity contribution < 1.29 is 14.6 Å². The lowest BCUT2D eigenvalue weighted by molar-refractivity contribution is -0.148. The second-order valence-electron chi connectivity index (χ2n) is 5.91. The van der Waals surface area contributed by atoms with Gasteiger partial charge < -0.3 is 9.84 Å². The maximum Gasteiger partial charge on any atom is 0.309 e. The van der Waals surface area contributed by atoms with Crippen molar-refractivity contribution in [3.8, 4) is 5.75 Å². The molecule has 0 saturated carbocycles. The molecule has 1 aromatic carbocycles. The molecule has 3 nitrogen and oxygen atoms in total. The van der Waals surface area contributed by atoms with Crippen LogP contribution >= 0.6 is 15.9 Å². The quantitative estimate of drug-likeness (QED) is 0.813. The average molecular weight is 343 g/mol. The zero-order chi connectivity index (χ0) is 15.5. The first-order valence-corrected chi connectivity index (χ1v) is 7.63. The fourth-order valence-corrected chi connectivity index (χ4v) is 2.44. The third-order valence-electron chi connectivity index (χ3n) is 3.52. The second kappa shape index (κ2) is 6.61. The predicted molar refractivity (Wildman–Crippen MR) is 84.4 cm³/mol. The maximum atomic E-state index is 11.2. The van der Waals surface area contributed by atoms with Crippen molar-refractivity contribution >= 4 is 21.9 Å². The summed E-state index contributed by atoms with van der Waals surface area (Å²) >= 11 is 3.50. The van der Waals surface area contributed by atoms with Crippen LogP contribution in [0, 0.1) is 19.3 Å². The molecule has 0 heterocycles. The molecule has 1 N–H and O–H groups in total. The first kappa shape index (κ1) is 17.0. The summed E-state index contributed by atoms with van der Waals surface area (Å²) in [6.07, 6.45) is 1.18. The Morgan fingerprint density at radius 1 is 1.35 bits per heavy atom. The van der Waals surface area contributed by atoms with Gasteiger partial charge in [-0.1, -0.05) is 22.9 Å². The Morgan fingerprint density at radius 2 is 1.95 bits per heavy atom. The molecule has 112 valence electrons. The number of aryl methyl sites for hydroxylation is 2. The Labute approximate surface area is 129 Å². The van der Waals surface area contributed by atoms with Crippen LogP contribution in [0.3, 0.4) is 0 Å². The number of halogens is 1. The molecular formula is C16H23BrO3. The van der Waals surface area contributed by atoms with Gasteiger partial charge in [0.15, 0.2) is 0 Å². The number of aliphatic carboxylic acids is 1. The van der Waals surface area contributed by atoms with E-state index in [0.29, 0.717) is 6.42 Å². The number of hydrogen-bond acceptors (Lipinski definition) is 2. The monoisotopic (exact) mass is 342 g/mol. The molecule has 0 radical (unpaired) electrons. The Kier molecular flexibility index (Phi) is 5.63. The summed E-state index contributed by atoms with van der Waals surface area (Å²) in [5.41, 5.74) is 1.38. The minimum atomic E-state index is -0.789. The molecule has 1 aromatic rings. The van der Waals surface area contributed by atoms with E-state index < -0.39 is 11.4 Å². The van der Waals surface area contributed by atoms with Gasteiger partial charge in [-0.25, -0.2) is 0 Å². The molecule has 4 heteroatoms. The second-order valence-corrected chi connectivity index (χ2v) is 6.76. The van der Waals surface area contributed by atoms with Gasteiger partial charge in [-0.15, -0.1) is 0 Å². The Hall–Kier alpha value is -1.03. The smallest absolute Gasteiger partial charge is 0.309 e. The molecule has 0 aromatic heterocycles. The first-order valence-electron chi connectivity index (χ1n) is 6.84. The van der Waals surface area contributed by atoms with Crippen LogP contribution in [0.2, 0.25) is 0 Å². The van der Waals surface area contributed by atoms with Crippen molar-refractivity contribution in [2.75, 3.05) is 0 Å². The van der Waals surface area contributed by atoms with Crippen LogP contribution in [0.15, 0.2) is 16.6 Å². The van der Waals surface area contributed by atoms with Crippen molar-refractivity contribution in [2.45, 2.75) is 53.6 Å². The summed E-state index contributed by atoms with van der Waals surface area (Å²) in [7, 11) is 0.